The van der Waals surface area contributed by atoms with Crippen LogP contribution in [0.25, 0.3) is 10.9 Å². The highest BCUT2D eigenvalue weighted by Crippen LogP contribution is 2.17. The molecule has 0 aliphatic rings. The number of fused-ring (bicyclic) bond motifs is 1. The van der Waals surface area contributed by atoms with E-state index in [1.165, 1.54) is 4.57 Å². The summed E-state index contributed by atoms with van der Waals surface area (Å²) in [7, 11) is 0.369. The lowest BCUT2D eigenvalue weighted by Gasteiger charge is -2.17. The van der Waals surface area contributed by atoms with Gasteiger partial charge in [0.1, 0.15) is 24.9 Å². The van der Waals surface area contributed by atoms with Crippen LogP contribution in [0.4, 0.5) is 0 Å². The lowest BCUT2D eigenvalue weighted by Crippen LogP contribution is -2.28. The van der Waals surface area contributed by atoms with Crippen LogP contribution < -0.4 is 10.3 Å². The van der Waals surface area contributed by atoms with E-state index in [-0.39, 0.29) is 18.9 Å². The number of hydrogen-bond donors (Lipinski definition) is 1. The number of benzene rings is 1. The predicted octanol–water partition coefficient (Wildman–Crippen LogP) is 2.21. The van der Waals surface area contributed by atoms with Gasteiger partial charge in [-0.25, -0.2) is 4.98 Å². The van der Waals surface area contributed by atoms with Crippen molar-refractivity contribution >= 4 is 19.0 Å². The Labute approximate surface area is 136 Å². The molecule has 0 aliphatic carbocycles. The Hall–Kier alpha value is -1.70. The fourth-order valence-corrected chi connectivity index (χ4v) is 2.92. The minimum Gasteiger partial charge on any atom is -0.497 e. The van der Waals surface area contributed by atoms with E-state index in [1.54, 1.807) is 25.3 Å². The second-order valence-electron chi connectivity index (χ2n) is 6.65. The third-order valence-electron chi connectivity index (χ3n) is 3.60. The average Bonchev–Trinajstić information content (AvgIpc) is 2.51. The molecule has 1 aromatic carbocycles. The first kappa shape index (κ1) is 17.6. The zero-order chi connectivity index (χ0) is 17.0. The van der Waals surface area contributed by atoms with Gasteiger partial charge in [0, 0.05) is 14.7 Å². The molecule has 7 heteroatoms. The number of hydrogen-bond acceptors (Lipinski definition) is 5. The molecular formula is C16H24N2O4Si. The topological polar surface area (TPSA) is 73.6 Å². The van der Waals surface area contributed by atoms with Crippen molar-refractivity contribution in [2.75, 3.05) is 13.7 Å². The van der Waals surface area contributed by atoms with E-state index in [4.69, 9.17) is 9.47 Å². The largest absolute Gasteiger partial charge is 0.497 e. The summed E-state index contributed by atoms with van der Waals surface area (Å²) < 4.78 is 12.2. The van der Waals surface area contributed by atoms with E-state index in [2.05, 4.69) is 24.6 Å². The molecule has 0 fully saturated rings. The summed E-state index contributed by atoms with van der Waals surface area (Å²) >= 11 is 0. The van der Waals surface area contributed by atoms with Crippen molar-refractivity contribution in [3.8, 4) is 5.75 Å². The molecule has 1 aromatic heterocycles. The summed E-state index contributed by atoms with van der Waals surface area (Å²) in [5.41, 5.74) is 0.309. The van der Waals surface area contributed by atoms with Gasteiger partial charge in [-0.3, -0.25) is 9.36 Å². The van der Waals surface area contributed by atoms with Gasteiger partial charge in [-0.15, -0.1) is 0 Å². The zero-order valence-corrected chi connectivity index (χ0v) is 15.1. The maximum Gasteiger partial charge on any atom is 0.263 e. The van der Waals surface area contributed by atoms with Crippen LogP contribution in [0.15, 0.2) is 23.0 Å². The van der Waals surface area contributed by atoms with Crippen molar-refractivity contribution in [3.05, 3.63) is 34.4 Å². The lowest BCUT2D eigenvalue weighted by atomic mass is 10.2. The van der Waals surface area contributed by atoms with Crippen molar-refractivity contribution in [2.24, 2.45) is 0 Å². The molecule has 0 unspecified atom stereocenters. The molecule has 0 radical (unpaired) electrons. The summed E-state index contributed by atoms with van der Waals surface area (Å²) in [6, 6.07) is 6.13. The van der Waals surface area contributed by atoms with Gasteiger partial charge in [-0.05, 0) is 24.2 Å². The third kappa shape index (κ3) is 4.40. The van der Waals surface area contributed by atoms with Crippen LogP contribution in [0.3, 0.4) is 0 Å². The van der Waals surface area contributed by atoms with Crippen LogP contribution in [-0.2, 0) is 18.1 Å². The normalized spacial score (nSPS) is 11.9. The van der Waals surface area contributed by atoms with E-state index < -0.39 is 8.07 Å². The van der Waals surface area contributed by atoms with Gasteiger partial charge in [0.2, 0.25) is 0 Å². The van der Waals surface area contributed by atoms with Gasteiger partial charge < -0.3 is 14.6 Å². The number of aromatic nitrogens is 2. The second-order valence-corrected chi connectivity index (χ2v) is 12.3. The summed E-state index contributed by atoms with van der Waals surface area (Å²) in [5, 5.41) is 9.95. The van der Waals surface area contributed by atoms with E-state index in [0.29, 0.717) is 29.1 Å². The molecule has 126 valence electrons. The van der Waals surface area contributed by atoms with Gasteiger partial charge in [-0.2, -0.15) is 0 Å². The fraction of sp³-hybridized carbons (Fsp3) is 0.500. The monoisotopic (exact) mass is 336 g/mol. The first-order valence-corrected chi connectivity index (χ1v) is 11.3. The Bertz CT molecular complexity index is 737. The molecule has 23 heavy (non-hydrogen) atoms. The van der Waals surface area contributed by atoms with Gasteiger partial charge in [0.15, 0.2) is 0 Å². The van der Waals surface area contributed by atoms with Crippen LogP contribution in [0.5, 0.6) is 5.75 Å². The summed E-state index contributed by atoms with van der Waals surface area (Å²) in [6.07, 6.45) is 0. The Balaban J connectivity index is 2.30. The maximum atomic E-state index is 12.7. The molecule has 0 saturated heterocycles. The predicted molar refractivity (Wildman–Crippen MR) is 92.6 cm³/mol. The van der Waals surface area contributed by atoms with E-state index in [1.807, 2.05) is 0 Å². The molecule has 2 rings (SSSR count). The molecule has 0 saturated carbocycles. The Kier molecular flexibility index (Phi) is 5.56. The highest BCUT2D eigenvalue weighted by atomic mass is 28.3. The van der Waals surface area contributed by atoms with E-state index in [0.717, 1.165) is 6.04 Å². The molecule has 1 heterocycles. The first-order valence-electron chi connectivity index (χ1n) is 7.62. The van der Waals surface area contributed by atoms with Gasteiger partial charge >= 0.3 is 0 Å². The fourth-order valence-electron chi connectivity index (χ4n) is 2.16. The number of aliphatic hydroxyl groups is 1. The molecule has 1 N–H and O–H groups in total. The molecular weight excluding hydrogens is 312 g/mol. The van der Waals surface area contributed by atoms with Crippen LogP contribution >= 0.6 is 0 Å². The van der Waals surface area contributed by atoms with Crippen LogP contribution in [-0.4, -0.2) is 36.4 Å². The molecule has 0 amide bonds. The average molecular weight is 336 g/mol. The van der Waals surface area contributed by atoms with Crippen molar-refractivity contribution < 1.29 is 14.6 Å². The third-order valence-corrected chi connectivity index (χ3v) is 5.30. The molecule has 6 nitrogen and oxygen atoms in total. The highest BCUT2D eigenvalue weighted by molar-refractivity contribution is 6.76. The second kappa shape index (κ2) is 7.25. The van der Waals surface area contributed by atoms with Crippen LogP contribution in [0.1, 0.15) is 5.82 Å². The van der Waals surface area contributed by atoms with E-state index >= 15 is 0 Å². The Morgan fingerprint density at radius 3 is 2.65 bits per heavy atom. The number of rotatable bonds is 7. The molecule has 0 bridgehead atoms. The Morgan fingerprint density at radius 2 is 2.04 bits per heavy atom. The minimum absolute atomic E-state index is 0.0966. The standard InChI is InChI=1S/C16H24N2O4Si/c1-21-12-5-6-14-13(9-12)16(20)18(15(10-19)17-14)11-22-7-8-23(2,3)4/h5-6,9,19H,7-8,10-11H2,1-4H3. The maximum absolute atomic E-state index is 12.7. The molecule has 0 aliphatic heterocycles. The number of methoxy groups -OCH3 is 1. The minimum atomic E-state index is -1.18. The Morgan fingerprint density at radius 1 is 1.30 bits per heavy atom. The molecule has 2 aromatic rings. The van der Waals surface area contributed by atoms with Crippen LogP contribution in [0, 0.1) is 0 Å². The highest BCUT2D eigenvalue weighted by Gasteiger charge is 2.14. The number of aliphatic hydroxyl groups excluding tert-OH is 1. The van der Waals surface area contributed by atoms with Crippen molar-refractivity contribution in [2.45, 2.75) is 39.0 Å². The number of nitrogens with zero attached hydrogens (tertiary/aromatic N) is 2. The van der Waals surface area contributed by atoms with Crippen molar-refractivity contribution in [3.63, 3.8) is 0 Å². The van der Waals surface area contributed by atoms with Crippen molar-refractivity contribution in [1.82, 2.24) is 9.55 Å². The van der Waals surface area contributed by atoms with Gasteiger partial charge in [0.05, 0.1) is 18.0 Å². The zero-order valence-electron chi connectivity index (χ0n) is 14.1. The SMILES string of the molecule is COc1ccc2nc(CO)n(COCC[Si](C)(C)C)c(=O)c2c1. The summed E-state index contributed by atoms with van der Waals surface area (Å²) in [5.74, 6) is 0.903. The number of ether oxygens (including phenoxy) is 2. The van der Waals surface area contributed by atoms with Gasteiger partial charge in [-0.1, -0.05) is 19.6 Å². The lowest BCUT2D eigenvalue weighted by molar-refractivity contribution is 0.0784. The van der Waals surface area contributed by atoms with Crippen molar-refractivity contribution in [1.29, 1.82) is 0 Å². The molecule has 0 spiro atoms. The first-order chi connectivity index (χ1) is 10.9. The summed E-state index contributed by atoms with van der Waals surface area (Å²) in [4.78, 5) is 17.0. The molecule has 0 atom stereocenters. The smallest absolute Gasteiger partial charge is 0.263 e. The van der Waals surface area contributed by atoms with Crippen LogP contribution in [0.2, 0.25) is 25.7 Å². The quantitative estimate of drug-likeness (QED) is 0.620. The van der Waals surface area contributed by atoms with E-state index in [9.17, 15) is 9.90 Å². The summed E-state index contributed by atoms with van der Waals surface area (Å²) in [6.45, 7) is 7.19. The van der Waals surface area contributed by atoms with Gasteiger partial charge in [0.25, 0.3) is 5.56 Å².